The predicted molar refractivity (Wildman–Crippen MR) is 112 cm³/mol. The first-order valence-electron chi connectivity index (χ1n) is 9.92. The van der Waals surface area contributed by atoms with Gasteiger partial charge >= 0.3 is 65.1 Å². The zero-order valence-electron chi connectivity index (χ0n) is 19.6. The number of hydrogen-bond donors (Lipinski definition) is 1. The van der Waals surface area contributed by atoms with Crippen LogP contribution >= 0.6 is 22.9 Å². The van der Waals surface area contributed by atoms with Crippen LogP contribution in [0, 0.1) is 11.8 Å². The van der Waals surface area contributed by atoms with Gasteiger partial charge in [-0.3, -0.25) is 23.5 Å². The standard InChI is InChI=1S/C18H17ClN4O10S2.2Na/c1-5(15(27)28)33-22-10(11-12(19)34-17(20)21-11)8(24)3-7-13(26)23-14(7)35(31)4-6-2-9(25)32-18(6,23)16(29)30;;/h5-7,14H,2-4H2,1H3,(H2,20,21)(H,27,28)(H,29,30);;/q;2*+1/p-2/b22-10+;;/t5-,6+,7-,14-,18-,35+;;/m1../s1. The van der Waals surface area contributed by atoms with Gasteiger partial charge in [-0.25, -0.2) is 4.98 Å². The fourth-order valence-corrected chi connectivity index (χ4v) is 7.13. The number of amides is 1. The number of oxime groups is 1. The van der Waals surface area contributed by atoms with Gasteiger partial charge in [-0.2, -0.15) is 0 Å². The number of carboxylic acid groups (broad SMARTS) is 2. The zero-order chi connectivity index (χ0) is 25.8. The first-order valence-corrected chi connectivity index (χ1v) is 12.5. The Morgan fingerprint density at radius 3 is 2.57 bits per heavy atom. The molecule has 0 spiro atoms. The van der Waals surface area contributed by atoms with Crippen LogP contribution < -0.4 is 75.1 Å². The number of esters is 1. The smallest absolute Gasteiger partial charge is 0.546 e. The van der Waals surface area contributed by atoms with Crippen LogP contribution in [0.4, 0.5) is 5.13 Å². The number of rotatable bonds is 8. The molecule has 1 amide bonds. The van der Waals surface area contributed by atoms with E-state index in [2.05, 4.69) is 10.1 Å². The van der Waals surface area contributed by atoms with E-state index in [1.54, 1.807) is 0 Å². The maximum atomic E-state index is 13.1. The fraction of sp³-hybridized carbons (Fsp3) is 0.500. The summed E-state index contributed by atoms with van der Waals surface area (Å²) in [7, 11) is -1.83. The maximum absolute atomic E-state index is 13.1. The Bertz CT molecular complexity index is 1230. The second kappa shape index (κ2) is 12.0. The molecule has 2 N–H and O–H groups in total. The number of fused-ring (bicyclic) bond motifs is 3. The van der Waals surface area contributed by atoms with Gasteiger partial charge in [0.05, 0.1) is 18.3 Å². The molecule has 14 nitrogen and oxygen atoms in total. The Morgan fingerprint density at radius 2 is 2.03 bits per heavy atom. The molecular weight excluding hydrogens is 578 g/mol. The predicted octanol–water partition coefficient (Wildman–Crippen LogP) is -9.24. The summed E-state index contributed by atoms with van der Waals surface area (Å²) in [6, 6.07) is 0. The van der Waals surface area contributed by atoms with Crippen molar-refractivity contribution in [2.24, 2.45) is 17.0 Å². The van der Waals surface area contributed by atoms with Crippen LogP contribution in [0.3, 0.4) is 0 Å². The molecule has 37 heavy (non-hydrogen) atoms. The number of ketones is 1. The van der Waals surface area contributed by atoms with Crippen LogP contribution in [0.25, 0.3) is 0 Å². The molecule has 19 heteroatoms. The molecule has 188 valence electrons. The van der Waals surface area contributed by atoms with E-state index in [1.165, 1.54) is 0 Å². The number of Topliss-reactive ketones (excluding diaryl/α,β-unsaturated/α-hetero) is 1. The summed E-state index contributed by atoms with van der Waals surface area (Å²) in [6.07, 6.45) is -2.55. The van der Waals surface area contributed by atoms with Gasteiger partial charge in [0.15, 0.2) is 22.7 Å². The molecule has 3 aliphatic heterocycles. The van der Waals surface area contributed by atoms with Gasteiger partial charge < -0.3 is 35.1 Å². The van der Waals surface area contributed by atoms with Crippen molar-refractivity contribution in [3.8, 4) is 0 Å². The average Bonchev–Trinajstić information content (AvgIpc) is 3.28. The summed E-state index contributed by atoms with van der Waals surface area (Å²) in [4.78, 5) is 70.1. The van der Waals surface area contributed by atoms with E-state index in [-0.39, 0.29) is 86.5 Å². The van der Waals surface area contributed by atoms with E-state index in [0.717, 1.165) is 18.3 Å². The monoisotopic (exact) mass is 592 g/mol. The van der Waals surface area contributed by atoms with Gasteiger partial charge in [0.25, 0.3) is 0 Å². The topological polar surface area (TPSA) is 222 Å². The summed E-state index contributed by atoms with van der Waals surface area (Å²) < 4.78 is 17.8. The summed E-state index contributed by atoms with van der Waals surface area (Å²) in [5, 5.41) is 25.1. The molecular formula is C18H15ClN4Na2O10S2. The summed E-state index contributed by atoms with van der Waals surface area (Å²) in [6.45, 7) is 1.09. The number of carbonyl (C=O) groups is 5. The molecule has 0 aliphatic carbocycles. The van der Waals surface area contributed by atoms with Crippen molar-refractivity contribution in [3.05, 3.63) is 10.0 Å². The molecule has 0 saturated carbocycles. The molecule has 4 rings (SSSR count). The van der Waals surface area contributed by atoms with Crippen LogP contribution in [0.2, 0.25) is 4.34 Å². The Morgan fingerprint density at radius 1 is 1.38 bits per heavy atom. The molecule has 3 saturated heterocycles. The Kier molecular flexibility index (Phi) is 10.4. The van der Waals surface area contributed by atoms with Crippen molar-refractivity contribution in [2.45, 2.75) is 37.0 Å². The zero-order valence-corrected chi connectivity index (χ0v) is 26.0. The number of β-lactam (4-membered cyclic amide) rings is 1. The van der Waals surface area contributed by atoms with Gasteiger partial charge in [-0.15, -0.1) is 0 Å². The number of anilines is 1. The van der Waals surface area contributed by atoms with Crippen molar-refractivity contribution in [3.63, 3.8) is 0 Å². The Hall–Kier alpha value is -1.11. The number of thiazole rings is 1. The van der Waals surface area contributed by atoms with Gasteiger partial charge in [0, 0.05) is 28.9 Å². The minimum atomic E-state index is -2.40. The van der Waals surface area contributed by atoms with E-state index in [0.29, 0.717) is 4.90 Å². The maximum Gasteiger partial charge on any atom is 1.00 e. The third-order valence-corrected chi connectivity index (χ3v) is 8.70. The van der Waals surface area contributed by atoms with Crippen LogP contribution in [-0.4, -0.2) is 72.4 Å². The van der Waals surface area contributed by atoms with Gasteiger partial charge in [0.2, 0.25) is 11.6 Å². The van der Waals surface area contributed by atoms with Gasteiger partial charge in [0.1, 0.15) is 21.4 Å². The molecule has 0 unspecified atom stereocenters. The third-order valence-electron chi connectivity index (χ3n) is 5.80. The first-order chi connectivity index (χ1) is 16.4. The third kappa shape index (κ3) is 5.49. The number of carbonyl (C=O) groups excluding carboxylic acids is 5. The number of halogens is 1. The van der Waals surface area contributed by atoms with Crippen molar-refractivity contribution in [1.29, 1.82) is 0 Å². The van der Waals surface area contributed by atoms with Crippen molar-refractivity contribution in [1.82, 2.24) is 9.88 Å². The van der Waals surface area contributed by atoms with Crippen LogP contribution in [0.15, 0.2) is 5.16 Å². The summed E-state index contributed by atoms with van der Waals surface area (Å²) in [5.41, 5.74) is 2.42. The number of aliphatic carboxylic acids is 2. The molecule has 1 aromatic rings. The normalized spacial score (nSPS) is 28.9. The Balaban J connectivity index is 0.00000241. The summed E-state index contributed by atoms with van der Waals surface area (Å²) >= 11 is 6.85. The number of nitrogen functional groups attached to an aromatic ring is 1. The Labute approximate surface area is 264 Å². The molecule has 0 aromatic carbocycles. The second-order valence-electron chi connectivity index (χ2n) is 7.92. The fourth-order valence-electron chi connectivity index (χ4n) is 4.19. The van der Waals surface area contributed by atoms with Gasteiger partial charge in [-0.05, 0) is 6.92 Å². The minimum Gasteiger partial charge on any atom is -0.546 e. The molecule has 0 bridgehead atoms. The SMILES string of the molecule is C[C@@H](O/N=C(\C(=O)C[C@@H]1C(=O)N2[C@@H]1[S@@](=O)C[C@@H]1CC(=O)O[C@@]12C(=O)[O-])c1nc(N)sc1Cl)C(=O)[O-].[Na+].[Na+]. The van der Waals surface area contributed by atoms with E-state index < -0.39 is 81.6 Å². The molecule has 4 heterocycles. The van der Waals surface area contributed by atoms with Crippen LogP contribution in [0.1, 0.15) is 25.5 Å². The minimum absolute atomic E-state index is 0. The number of ether oxygens (including phenoxy) is 1. The van der Waals surface area contributed by atoms with E-state index in [9.17, 15) is 38.4 Å². The second-order valence-corrected chi connectivity index (χ2v) is 11.1. The first kappa shape index (κ1) is 32.1. The number of aromatic nitrogens is 1. The number of nitrogens with zero attached hydrogens (tertiary/aromatic N) is 3. The van der Waals surface area contributed by atoms with Crippen molar-refractivity contribution >= 4 is 74.2 Å². The van der Waals surface area contributed by atoms with Crippen LogP contribution in [-0.2, 0) is 44.3 Å². The largest absolute Gasteiger partial charge is 1.00 e. The quantitative estimate of drug-likeness (QED) is 0.0977. The van der Waals surface area contributed by atoms with E-state index >= 15 is 0 Å². The summed E-state index contributed by atoms with van der Waals surface area (Å²) in [5.74, 6) is -8.72. The number of carboxylic acids is 2. The molecule has 0 radical (unpaired) electrons. The van der Waals surface area contributed by atoms with E-state index in [1.807, 2.05) is 0 Å². The van der Waals surface area contributed by atoms with Crippen molar-refractivity contribution < 1.29 is 107 Å². The molecule has 1 aromatic heterocycles. The number of nitrogens with two attached hydrogens (primary N) is 1. The number of hydrogen-bond acceptors (Lipinski definition) is 14. The van der Waals surface area contributed by atoms with Gasteiger partial charge in [-0.1, -0.05) is 28.1 Å². The molecule has 3 aliphatic rings. The van der Waals surface area contributed by atoms with E-state index in [4.69, 9.17) is 26.9 Å². The molecule has 6 atom stereocenters. The molecule has 3 fully saturated rings. The van der Waals surface area contributed by atoms with Crippen molar-refractivity contribution in [2.75, 3.05) is 11.5 Å². The average molecular weight is 593 g/mol. The van der Waals surface area contributed by atoms with Crippen LogP contribution in [0.5, 0.6) is 0 Å².